The van der Waals surface area contributed by atoms with E-state index in [9.17, 15) is 19.5 Å². The summed E-state index contributed by atoms with van der Waals surface area (Å²) in [6, 6.07) is 5.67. The fourth-order valence-corrected chi connectivity index (χ4v) is 3.15. The Kier molecular flexibility index (Phi) is 10.1. The summed E-state index contributed by atoms with van der Waals surface area (Å²) in [4.78, 5) is 36.9. The highest BCUT2D eigenvalue weighted by molar-refractivity contribution is 5.97. The zero-order valence-electron chi connectivity index (χ0n) is 20.9. The minimum atomic E-state index is -1.16. The highest BCUT2D eigenvalue weighted by Crippen LogP contribution is 2.25. The molecule has 35 heavy (non-hydrogen) atoms. The SMILES string of the molecule is CCC(C#Cc1ccc(NC(=O)[C@H](CO)NC(=O)OC(C)(C)C)cc1)(CC)NC(=O)[C]1[CH][CH][CH][CH]1. The Balaban J connectivity index is 2.02. The van der Waals surface area contributed by atoms with Gasteiger partial charge in [-0.15, -0.1) is 0 Å². The minimum absolute atomic E-state index is 0.163. The van der Waals surface area contributed by atoms with E-state index >= 15 is 0 Å². The quantitative estimate of drug-likeness (QED) is 0.427. The number of rotatable bonds is 8. The highest BCUT2D eigenvalue weighted by atomic mass is 16.6. The molecule has 1 fully saturated rings. The maximum absolute atomic E-state index is 12.5. The summed E-state index contributed by atoms with van der Waals surface area (Å²) in [5.41, 5.74) is -0.200. The van der Waals surface area contributed by atoms with Gasteiger partial charge in [-0.25, -0.2) is 4.79 Å². The first kappa shape index (κ1) is 28.2. The smallest absolute Gasteiger partial charge is 0.408 e. The van der Waals surface area contributed by atoms with Crippen molar-refractivity contribution in [2.24, 2.45) is 0 Å². The summed E-state index contributed by atoms with van der Waals surface area (Å²) in [5, 5.41) is 17.6. The normalized spacial score (nSPS) is 14.9. The van der Waals surface area contributed by atoms with Crippen molar-refractivity contribution in [2.45, 2.75) is 64.6 Å². The second kappa shape index (κ2) is 12.6. The van der Waals surface area contributed by atoms with E-state index in [4.69, 9.17) is 4.74 Å². The van der Waals surface area contributed by atoms with Gasteiger partial charge in [0, 0.05) is 11.3 Å². The number of carbonyl (C=O) groups excluding carboxylic acids is 3. The summed E-state index contributed by atoms with van der Waals surface area (Å²) >= 11 is 0. The topological polar surface area (TPSA) is 117 Å². The predicted octanol–water partition coefficient (Wildman–Crippen LogP) is 2.94. The van der Waals surface area contributed by atoms with Gasteiger partial charge in [0.05, 0.1) is 12.5 Å². The first-order valence-corrected chi connectivity index (χ1v) is 11.6. The van der Waals surface area contributed by atoms with Gasteiger partial charge in [0.15, 0.2) is 0 Å². The monoisotopic (exact) mass is 480 g/mol. The third-order valence-electron chi connectivity index (χ3n) is 5.27. The lowest BCUT2D eigenvalue weighted by atomic mass is 9.91. The van der Waals surface area contributed by atoms with Crippen molar-refractivity contribution in [2.75, 3.05) is 11.9 Å². The number of hydrogen-bond donors (Lipinski definition) is 4. The lowest BCUT2D eigenvalue weighted by Crippen LogP contribution is -2.48. The molecule has 8 heteroatoms. The standard InChI is InChI=1S/C27H34N3O5/c1-6-27(7-2,30-23(32)20-10-8-9-11-20)17-16-19-12-14-21(15-13-19)28-24(33)22(18-31)29-25(34)35-26(3,4)5/h8-15,22,31H,6-7,18H2,1-5H3,(H,28,33)(H,29,34)(H,30,32)/t22-/m0/s1. The molecule has 0 bridgehead atoms. The molecule has 8 nitrogen and oxygen atoms in total. The number of hydrogen-bond acceptors (Lipinski definition) is 5. The number of alkyl carbamates (subject to hydrolysis) is 1. The molecule has 1 aromatic carbocycles. The molecule has 0 aromatic heterocycles. The van der Waals surface area contributed by atoms with E-state index in [1.807, 2.05) is 26.7 Å². The van der Waals surface area contributed by atoms with Gasteiger partial charge < -0.3 is 25.8 Å². The van der Waals surface area contributed by atoms with E-state index in [0.717, 1.165) is 0 Å². The molecule has 0 aliphatic heterocycles. The lowest BCUT2D eigenvalue weighted by molar-refractivity contribution is -0.120. The third-order valence-corrected chi connectivity index (χ3v) is 5.27. The zero-order valence-corrected chi connectivity index (χ0v) is 20.9. The Bertz CT molecular complexity index is 930. The summed E-state index contributed by atoms with van der Waals surface area (Å²) in [7, 11) is 0. The average Bonchev–Trinajstić information content (AvgIpc) is 3.35. The summed E-state index contributed by atoms with van der Waals surface area (Å²) in [5.74, 6) is 6.17. The van der Waals surface area contributed by atoms with Crippen LogP contribution in [0.4, 0.5) is 10.5 Å². The number of benzene rings is 1. The number of nitrogens with one attached hydrogen (secondary N) is 3. The van der Waals surface area contributed by atoms with Gasteiger partial charge >= 0.3 is 6.09 Å². The number of ether oxygens (including phenoxy) is 1. The Labute approximate surface area is 208 Å². The van der Waals surface area contributed by atoms with Crippen molar-refractivity contribution < 1.29 is 24.2 Å². The van der Waals surface area contributed by atoms with Gasteiger partial charge in [-0.1, -0.05) is 25.7 Å². The van der Waals surface area contributed by atoms with Gasteiger partial charge in [-0.3, -0.25) is 9.59 Å². The number of aliphatic hydroxyl groups is 1. The summed E-state index contributed by atoms with van der Waals surface area (Å²) < 4.78 is 5.12. The van der Waals surface area contributed by atoms with E-state index in [1.165, 1.54) is 0 Å². The minimum Gasteiger partial charge on any atom is -0.444 e. The molecule has 5 radical (unpaired) electrons. The molecular weight excluding hydrogens is 446 g/mol. The number of carbonyl (C=O) groups is 3. The van der Waals surface area contributed by atoms with Crippen LogP contribution in [0, 0.1) is 43.4 Å². The van der Waals surface area contributed by atoms with E-state index in [1.54, 1.807) is 57.9 Å². The fraction of sp³-hybridized carbons (Fsp3) is 0.407. The molecule has 187 valence electrons. The number of anilines is 1. The molecule has 1 aliphatic carbocycles. The van der Waals surface area contributed by atoms with Crippen LogP contribution in [0.25, 0.3) is 0 Å². The Morgan fingerprint density at radius 2 is 1.63 bits per heavy atom. The van der Waals surface area contributed by atoms with Crippen molar-refractivity contribution in [1.82, 2.24) is 10.6 Å². The summed E-state index contributed by atoms with van der Waals surface area (Å²) in [6.45, 7) is 8.48. The third kappa shape index (κ3) is 8.91. The lowest BCUT2D eigenvalue weighted by Gasteiger charge is -2.28. The van der Waals surface area contributed by atoms with Crippen LogP contribution in [0.15, 0.2) is 24.3 Å². The molecule has 1 atom stereocenters. The molecule has 4 N–H and O–H groups in total. The molecule has 0 heterocycles. The Morgan fingerprint density at radius 3 is 2.14 bits per heavy atom. The van der Waals surface area contributed by atoms with Crippen LogP contribution in [0.2, 0.25) is 0 Å². The number of amides is 3. The van der Waals surface area contributed by atoms with E-state index in [2.05, 4.69) is 27.8 Å². The molecule has 2 rings (SSSR count). The molecular formula is C27H34N3O5. The number of aliphatic hydroxyl groups excluding tert-OH is 1. The maximum atomic E-state index is 12.5. The fourth-order valence-electron chi connectivity index (χ4n) is 3.15. The van der Waals surface area contributed by atoms with Crippen LogP contribution in [0.1, 0.15) is 53.0 Å². The highest BCUT2D eigenvalue weighted by Gasteiger charge is 2.32. The van der Waals surface area contributed by atoms with Crippen molar-refractivity contribution in [1.29, 1.82) is 0 Å². The molecule has 1 saturated carbocycles. The molecule has 0 saturated heterocycles. The van der Waals surface area contributed by atoms with E-state index in [0.29, 0.717) is 30.0 Å². The molecule has 1 aliphatic rings. The Hall–Kier alpha value is -3.05. The predicted molar refractivity (Wildman–Crippen MR) is 134 cm³/mol. The van der Waals surface area contributed by atoms with Crippen LogP contribution in [-0.4, -0.2) is 46.8 Å². The van der Waals surface area contributed by atoms with Crippen LogP contribution in [0.5, 0.6) is 0 Å². The zero-order chi connectivity index (χ0) is 26.1. The second-order valence-corrected chi connectivity index (χ2v) is 9.11. The summed E-state index contributed by atoms with van der Waals surface area (Å²) in [6.07, 6.45) is 7.65. The van der Waals surface area contributed by atoms with Crippen molar-refractivity contribution in [3.05, 3.63) is 61.4 Å². The first-order chi connectivity index (χ1) is 16.5. The molecule has 1 aromatic rings. The molecule has 0 spiro atoms. The van der Waals surface area contributed by atoms with Gasteiger partial charge in [0.25, 0.3) is 0 Å². The van der Waals surface area contributed by atoms with Crippen molar-refractivity contribution in [3.63, 3.8) is 0 Å². The maximum Gasteiger partial charge on any atom is 0.408 e. The molecule has 0 unspecified atom stereocenters. The van der Waals surface area contributed by atoms with E-state index in [-0.39, 0.29) is 5.91 Å². The first-order valence-electron chi connectivity index (χ1n) is 11.6. The average molecular weight is 481 g/mol. The van der Waals surface area contributed by atoms with Crippen molar-refractivity contribution in [3.8, 4) is 11.8 Å². The van der Waals surface area contributed by atoms with Crippen LogP contribution >= 0.6 is 0 Å². The van der Waals surface area contributed by atoms with Crippen molar-refractivity contribution >= 4 is 23.6 Å². The largest absolute Gasteiger partial charge is 0.444 e. The Morgan fingerprint density at radius 1 is 1.03 bits per heavy atom. The van der Waals surface area contributed by atoms with E-state index < -0.39 is 35.8 Å². The van der Waals surface area contributed by atoms with Gasteiger partial charge in [-0.05, 0) is 83.6 Å². The van der Waals surface area contributed by atoms with Gasteiger partial charge in [0.1, 0.15) is 17.2 Å². The van der Waals surface area contributed by atoms with Gasteiger partial charge in [-0.2, -0.15) is 0 Å². The van der Waals surface area contributed by atoms with Gasteiger partial charge in [0.2, 0.25) is 11.8 Å². The van der Waals surface area contributed by atoms with Crippen LogP contribution in [-0.2, 0) is 14.3 Å². The molecule has 3 amide bonds. The van der Waals surface area contributed by atoms with Crippen LogP contribution < -0.4 is 16.0 Å². The van der Waals surface area contributed by atoms with Crippen LogP contribution in [0.3, 0.4) is 0 Å². The second-order valence-electron chi connectivity index (χ2n) is 9.11.